The fourth-order valence-corrected chi connectivity index (χ4v) is 1.81. The molecule has 0 radical (unpaired) electrons. The Kier molecular flexibility index (Phi) is 6.09. The van der Waals surface area contributed by atoms with E-state index in [0.29, 0.717) is 0 Å². The lowest BCUT2D eigenvalue weighted by molar-refractivity contribution is 0.452. The number of rotatable bonds is 7. The van der Waals surface area contributed by atoms with Crippen molar-refractivity contribution >= 4 is 0 Å². The zero-order chi connectivity index (χ0) is 11.8. The van der Waals surface area contributed by atoms with Gasteiger partial charge in [-0.1, -0.05) is 38.8 Å². The molecule has 1 N–H and O–H groups in total. The minimum Gasteiger partial charge on any atom is -0.316 e. The summed E-state index contributed by atoms with van der Waals surface area (Å²) in [6, 6.07) is 6.84. The van der Waals surface area contributed by atoms with Crippen molar-refractivity contribution in [2.24, 2.45) is 5.92 Å². The third kappa shape index (κ3) is 4.75. The van der Waals surface area contributed by atoms with E-state index in [2.05, 4.69) is 19.2 Å². The molecule has 0 unspecified atom stereocenters. The third-order valence-electron chi connectivity index (χ3n) is 3.07. The Morgan fingerprint density at radius 2 is 2.00 bits per heavy atom. The Bertz CT molecular complexity index is 295. The smallest absolute Gasteiger partial charge is 0.123 e. The molecule has 0 aliphatic heterocycles. The molecular weight excluding hydrogens is 201 g/mol. The van der Waals surface area contributed by atoms with Gasteiger partial charge in [-0.3, -0.25) is 0 Å². The fraction of sp³-hybridized carbons (Fsp3) is 0.571. The van der Waals surface area contributed by atoms with Crippen molar-refractivity contribution in [3.8, 4) is 0 Å². The largest absolute Gasteiger partial charge is 0.316 e. The molecule has 0 saturated heterocycles. The molecule has 0 amide bonds. The second kappa shape index (κ2) is 7.39. The highest BCUT2D eigenvalue weighted by atomic mass is 19.1. The number of benzene rings is 1. The van der Waals surface area contributed by atoms with Gasteiger partial charge in [0.1, 0.15) is 5.82 Å². The van der Waals surface area contributed by atoms with Crippen LogP contribution in [0, 0.1) is 11.7 Å². The van der Waals surface area contributed by atoms with Crippen LogP contribution in [0.2, 0.25) is 0 Å². The maximum absolute atomic E-state index is 12.9. The minimum atomic E-state index is -0.141. The molecule has 0 atom stereocenters. The first-order chi connectivity index (χ1) is 7.76. The molecule has 2 heteroatoms. The highest BCUT2D eigenvalue weighted by molar-refractivity contribution is 5.16. The maximum atomic E-state index is 12.9. The molecule has 0 bridgehead atoms. The summed E-state index contributed by atoms with van der Waals surface area (Å²) in [7, 11) is 0. The lowest BCUT2D eigenvalue weighted by atomic mass is 10.0. The number of nitrogens with one attached hydrogen (secondary N) is 1. The van der Waals surface area contributed by atoms with Crippen molar-refractivity contribution in [3.63, 3.8) is 0 Å². The van der Waals surface area contributed by atoms with Crippen LogP contribution < -0.4 is 5.32 Å². The van der Waals surface area contributed by atoms with E-state index in [1.807, 2.05) is 6.07 Å². The second-order valence-electron chi connectivity index (χ2n) is 4.27. The van der Waals surface area contributed by atoms with E-state index in [1.54, 1.807) is 12.1 Å². The molecule has 0 aliphatic rings. The van der Waals surface area contributed by atoms with Crippen molar-refractivity contribution < 1.29 is 4.39 Å². The van der Waals surface area contributed by atoms with E-state index >= 15 is 0 Å². The van der Waals surface area contributed by atoms with Crippen molar-refractivity contribution in [1.29, 1.82) is 0 Å². The second-order valence-corrected chi connectivity index (χ2v) is 4.27. The molecule has 1 rings (SSSR count). The summed E-state index contributed by atoms with van der Waals surface area (Å²) in [6.45, 7) is 6.45. The first-order valence-corrected chi connectivity index (χ1v) is 6.21. The fourth-order valence-electron chi connectivity index (χ4n) is 1.81. The van der Waals surface area contributed by atoms with Crippen LogP contribution in [0.4, 0.5) is 4.39 Å². The Labute approximate surface area is 98.1 Å². The maximum Gasteiger partial charge on any atom is 0.123 e. The normalized spacial score (nSPS) is 11.0. The average Bonchev–Trinajstić information content (AvgIpc) is 2.29. The van der Waals surface area contributed by atoms with Gasteiger partial charge in [0.25, 0.3) is 0 Å². The van der Waals surface area contributed by atoms with Gasteiger partial charge in [0.2, 0.25) is 0 Å². The first kappa shape index (κ1) is 13.2. The Balaban J connectivity index is 2.20. The summed E-state index contributed by atoms with van der Waals surface area (Å²) >= 11 is 0. The molecule has 0 heterocycles. The lowest BCUT2D eigenvalue weighted by Crippen LogP contribution is -2.24. The van der Waals surface area contributed by atoms with Crippen LogP contribution in [-0.4, -0.2) is 13.1 Å². The average molecular weight is 223 g/mol. The SMILES string of the molecule is CCC(CC)CNCCc1cccc(F)c1. The zero-order valence-corrected chi connectivity index (χ0v) is 10.3. The number of hydrogen-bond donors (Lipinski definition) is 1. The molecule has 1 nitrogen and oxygen atoms in total. The van der Waals surface area contributed by atoms with Crippen LogP contribution in [0.5, 0.6) is 0 Å². The van der Waals surface area contributed by atoms with Gasteiger partial charge in [0.15, 0.2) is 0 Å². The van der Waals surface area contributed by atoms with Gasteiger partial charge in [-0.25, -0.2) is 4.39 Å². The van der Waals surface area contributed by atoms with Crippen molar-refractivity contribution in [1.82, 2.24) is 5.32 Å². The van der Waals surface area contributed by atoms with Crippen molar-refractivity contribution in [2.45, 2.75) is 33.1 Å². The summed E-state index contributed by atoms with van der Waals surface area (Å²) in [6.07, 6.45) is 3.35. The van der Waals surface area contributed by atoms with Crippen LogP contribution in [0.1, 0.15) is 32.3 Å². The van der Waals surface area contributed by atoms with E-state index < -0.39 is 0 Å². The van der Waals surface area contributed by atoms with E-state index in [1.165, 1.54) is 18.9 Å². The summed E-state index contributed by atoms with van der Waals surface area (Å²) in [4.78, 5) is 0. The van der Waals surface area contributed by atoms with Crippen molar-refractivity contribution in [2.75, 3.05) is 13.1 Å². The van der Waals surface area contributed by atoms with Crippen LogP contribution in [-0.2, 0) is 6.42 Å². The van der Waals surface area contributed by atoms with Crippen molar-refractivity contribution in [3.05, 3.63) is 35.6 Å². The Hall–Kier alpha value is -0.890. The van der Waals surface area contributed by atoms with Gasteiger partial charge in [-0.15, -0.1) is 0 Å². The highest BCUT2D eigenvalue weighted by Gasteiger charge is 2.02. The van der Waals surface area contributed by atoms with Gasteiger partial charge in [-0.2, -0.15) is 0 Å². The molecule has 16 heavy (non-hydrogen) atoms. The predicted octanol–water partition coefficient (Wildman–Crippen LogP) is 3.39. The topological polar surface area (TPSA) is 12.0 Å². The number of halogens is 1. The Morgan fingerprint density at radius 3 is 2.62 bits per heavy atom. The molecule has 0 aliphatic carbocycles. The molecule has 0 saturated carbocycles. The molecule has 0 fully saturated rings. The Morgan fingerprint density at radius 1 is 1.25 bits per heavy atom. The highest BCUT2D eigenvalue weighted by Crippen LogP contribution is 2.06. The van der Waals surface area contributed by atoms with E-state index in [0.717, 1.165) is 31.0 Å². The monoisotopic (exact) mass is 223 g/mol. The molecule has 0 spiro atoms. The molecule has 90 valence electrons. The first-order valence-electron chi connectivity index (χ1n) is 6.21. The van der Waals surface area contributed by atoms with Gasteiger partial charge >= 0.3 is 0 Å². The van der Waals surface area contributed by atoms with Crippen LogP contribution >= 0.6 is 0 Å². The molecule has 1 aromatic rings. The summed E-state index contributed by atoms with van der Waals surface area (Å²) < 4.78 is 12.9. The predicted molar refractivity (Wildman–Crippen MR) is 67.0 cm³/mol. The van der Waals surface area contributed by atoms with Gasteiger partial charge in [0, 0.05) is 0 Å². The minimum absolute atomic E-state index is 0.141. The summed E-state index contributed by atoms with van der Waals surface area (Å²) in [5, 5.41) is 3.43. The summed E-state index contributed by atoms with van der Waals surface area (Å²) in [5.74, 6) is 0.630. The third-order valence-corrected chi connectivity index (χ3v) is 3.07. The summed E-state index contributed by atoms with van der Waals surface area (Å²) in [5.41, 5.74) is 1.07. The lowest BCUT2D eigenvalue weighted by Gasteiger charge is -2.13. The van der Waals surface area contributed by atoms with E-state index in [-0.39, 0.29) is 5.82 Å². The van der Waals surface area contributed by atoms with E-state index in [4.69, 9.17) is 0 Å². The number of hydrogen-bond acceptors (Lipinski definition) is 1. The quantitative estimate of drug-likeness (QED) is 0.699. The van der Waals surface area contributed by atoms with Crippen LogP contribution in [0.15, 0.2) is 24.3 Å². The van der Waals surface area contributed by atoms with Gasteiger partial charge in [-0.05, 0) is 43.1 Å². The van der Waals surface area contributed by atoms with Gasteiger partial charge < -0.3 is 5.32 Å². The zero-order valence-electron chi connectivity index (χ0n) is 10.3. The van der Waals surface area contributed by atoms with Gasteiger partial charge in [0.05, 0.1) is 0 Å². The van der Waals surface area contributed by atoms with Crippen LogP contribution in [0.3, 0.4) is 0 Å². The van der Waals surface area contributed by atoms with E-state index in [9.17, 15) is 4.39 Å². The van der Waals surface area contributed by atoms with Crippen LogP contribution in [0.25, 0.3) is 0 Å². The molecule has 1 aromatic carbocycles. The standard InChI is InChI=1S/C14H22FN/c1-3-12(4-2)11-16-9-8-13-6-5-7-14(15)10-13/h5-7,10,12,16H,3-4,8-9,11H2,1-2H3. The molecule has 0 aromatic heterocycles. The molecular formula is C14H22FN.